The van der Waals surface area contributed by atoms with Gasteiger partial charge in [-0.25, -0.2) is 0 Å². The first kappa shape index (κ1) is 17.8. The van der Waals surface area contributed by atoms with Crippen LogP contribution < -0.4 is 10.6 Å². The van der Waals surface area contributed by atoms with Crippen LogP contribution in [0.25, 0.3) is 0 Å². The van der Waals surface area contributed by atoms with Gasteiger partial charge in [-0.1, -0.05) is 0 Å². The van der Waals surface area contributed by atoms with Gasteiger partial charge in [-0.15, -0.1) is 0 Å². The largest absolute Gasteiger partial charge is 0.452 e. The van der Waals surface area contributed by atoms with Crippen molar-refractivity contribution in [1.29, 1.82) is 0 Å². The topological polar surface area (TPSA) is 84.5 Å². The highest BCUT2D eigenvalue weighted by atomic mass is 16.5. The van der Waals surface area contributed by atoms with Crippen LogP contribution in [0.15, 0.2) is 0 Å². The van der Waals surface area contributed by atoms with Gasteiger partial charge in [-0.05, 0) is 76.0 Å². The maximum atomic E-state index is 12.8. The minimum absolute atomic E-state index is 0.110. The first-order valence-electron chi connectivity index (χ1n) is 10.2. The molecule has 5 saturated carbocycles. The molecular formula is C20H30N2O4. The zero-order valence-electron chi connectivity index (χ0n) is 15.6. The number of ether oxygens (including phenoxy) is 1. The maximum Gasteiger partial charge on any atom is 0.308 e. The fourth-order valence-electron chi connectivity index (χ4n) is 5.71. The van der Waals surface area contributed by atoms with E-state index in [2.05, 4.69) is 10.6 Å². The third-order valence-corrected chi connectivity index (χ3v) is 6.74. The van der Waals surface area contributed by atoms with Crippen LogP contribution in [0.4, 0.5) is 0 Å². The molecule has 4 bridgehead atoms. The Bertz CT molecular complexity index is 563. The highest BCUT2D eigenvalue weighted by Crippen LogP contribution is 2.60. The molecule has 0 aliphatic heterocycles. The monoisotopic (exact) mass is 362 g/mol. The van der Waals surface area contributed by atoms with E-state index in [4.69, 9.17) is 4.74 Å². The molecule has 0 aromatic rings. The number of nitrogens with one attached hydrogen (secondary N) is 2. The van der Waals surface area contributed by atoms with Crippen molar-refractivity contribution < 1.29 is 19.1 Å². The predicted molar refractivity (Wildman–Crippen MR) is 95.0 cm³/mol. The summed E-state index contributed by atoms with van der Waals surface area (Å²) in [6.45, 7) is 1.88. The zero-order valence-corrected chi connectivity index (χ0v) is 15.6. The lowest BCUT2D eigenvalue weighted by Crippen LogP contribution is -2.53. The number of esters is 1. The van der Waals surface area contributed by atoms with Crippen LogP contribution in [-0.2, 0) is 19.1 Å². The number of hydrogen-bond donors (Lipinski definition) is 2. The highest BCUT2D eigenvalue weighted by Gasteiger charge is 2.54. The molecule has 2 amide bonds. The average Bonchev–Trinajstić information content (AvgIpc) is 3.37. The van der Waals surface area contributed by atoms with Gasteiger partial charge in [0.1, 0.15) is 0 Å². The normalized spacial score (nSPS) is 35.7. The number of hydrogen-bond acceptors (Lipinski definition) is 4. The van der Waals surface area contributed by atoms with E-state index in [1.54, 1.807) is 6.92 Å². The molecular weight excluding hydrogens is 332 g/mol. The van der Waals surface area contributed by atoms with Crippen molar-refractivity contribution in [3.8, 4) is 0 Å². The second-order valence-corrected chi connectivity index (χ2v) is 9.12. The summed E-state index contributed by atoms with van der Waals surface area (Å²) in [5.41, 5.74) is -0.184. The molecule has 2 N–H and O–H groups in total. The van der Waals surface area contributed by atoms with Crippen LogP contribution >= 0.6 is 0 Å². The van der Waals surface area contributed by atoms with Gasteiger partial charge in [0.15, 0.2) is 6.10 Å². The molecule has 6 nitrogen and oxygen atoms in total. The Kier molecular flexibility index (Phi) is 4.70. The molecule has 5 fully saturated rings. The third kappa shape index (κ3) is 3.74. The lowest BCUT2D eigenvalue weighted by molar-refractivity contribution is -0.155. The van der Waals surface area contributed by atoms with Gasteiger partial charge in [0.05, 0.1) is 6.42 Å². The van der Waals surface area contributed by atoms with Crippen molar-refractivity contribution in [3.63, 3.8) is 0 Å². The van der Waals surface area contributed by atoms with Gasteiger partial charge < -0.3 is 15.4 Å². The Balaban J connectivity index is 1.20. The number of carbonyl (C=O) groups excluding carboxylic acids is 3. The van der Waals surface area contributed by atoms with E-state index >= 15 is 0 Å². The smallest absolute Gasteiger partial charge is 0.308 e. The van der Waals surface area contributed by atoms with Crippen molar-refractivity contribution in [2.45, 2.75) is 76.9 Å². The zero-order chi connectivity index (χ0) is 18.3. The molecule has 1 atom stereocenters. The van der Waals surface area contributed by atoms with E-state index in [1.807, 2.05) is 0 Å². The molecule has 6 heteroatoms. The molecule has 0 unspecified atom stereocenters. The first-order valence-corrected chi connectivity index (χ1v) is 10.2. The van der Waals surface area contributed by atoms with Crippen LogP contribution in [0, 0.1) is 23.2 Å². The third-order valence-electron chi connectivity index (χ3n) is 6.74. The molecule has 26 heavy (non-hydrogen) atoms. The Labute approximate surface area is 154 Å². The number of carbonyl (C=O) groups is 3. The van der Waals surface area contributed by atoms with Gasteiger partial charge in [-0.2, -0.15) is 0 Å². The van der Waals surface area contributed by atoms with Crippen LogP contribution in [0.1, 0.15) is 64.7 Å². The van der Waals surface area contributed by atoms with E-state index in [1.165, 1.54) is 19.3 Å². The number of rotatable bonds is 7. The summed E-state index contributed by atoms with van der Waals surface area (Å²) < 4.78 is 5.17. The summed E-state index contributed by atoms with van der Waals surface area (Å²) in [5.74, 6) is 1.63. The van der Waals surface area contributed by atoms with E-state index in [9.17, 15) is 14.4 Å². The lowest BCUT2D eigenvalue weighted by atomic mass is 9.49. The Morgan fingerprint density at radius 2 is 1.62 bits per heavy atom. The van der Waals surface area contributed by atoms with Crippen LogP contribution in [-0.4, -0.2) is 36.5 Å². The van der Waals surface area contributed by atoms with E-state index in [0.29, 0.717) is 0 Å². The van der Waals surface area contributed by atoms with Crippen LogP contribution in [0.5, 0.6) is 0 Å². The van der Waals surface area contributed by atoms with Gasteiger partial charge in [0, 0.05) is 18.0 Å². The second kappa shape index (κ2) is 6.86. The van der Waals surface area contributed by atoms with Crippen molar-refractivity contribution in [1.82, 2.24) is 10.6 Å². The fraction of sp³-hybridized carbons (Fsp3) is 0.850. The summed E-state index contributed by atoms with van der Waals surface area (Å²) in [6, 6.07) is 0.253. The van der Waals surface area contributed by atoms with E-state index in [0.717, 1.165) is 49.9 Å². The highest BCUT2D eigenvalue weighted by molar-refractivity contribution is 5.85. The van der Waals surface area contributed by atoms with Crippen LogP contribution in [0.2, 0.25) is 0 Å². The van der Waals surface area contributed by atoms with Gasteiger partial charge in [0.2, 0.25) is 5.91 Å². The Morgan fingerprint density at radius 1 is 1.04 bits per heavy atom. The van der Waals surface area contributed by atoms with Crippen molar-refractivity contribution in [2.24, 2.45) is 23.2 Å². The summed E-state index contributed by atoms with van der Waals surface area (Å²) in [4.78, 5) is 36.6. The molecule has 5 rings (SSSR count). The van der Waals surface area contributed by atoms with Crippen LogP contribution in [0.3, 0.4) is 0 Å². The number of amides is 2. The average molecular weight is 362 g/mol. The minimum atomic E-state index is -0.776. The minimum Gasteiger partial charge on any atom is -0.452 e. The Morgan fingerprint density at radius 3 is 2.15 bits per heavy atom. The molecule has 0 aromatic heterocycles. The summed E-state index contributed by atoms with van der Waals surface area (Å²) >= 11 is 0. The second-order valence-electron chi connectivity index (χ2n) is 9.12. The maximum absolute atomic E-state index is 12.8. The van der Waals surface area contributed by atoms with Gasteiger partial charge in [0.25, 0.3) is 5.91 Å². The summed E-state index contributed by atoms with van der Waals surface area (Å²) in [6.07, 6.45) is 8.32. The summed E-state index contributed by atoms with van der Waals surface area (Å²) in [7, 11) is 0. The molecule has 5 aliphatic carbocycles. The lowest BCUT2D eigenvalue weighted by Gasteiger charge is -2.55. The van der Waals surface area contributed by atoms with E-state index < -0.39 is 12.1 Å². The quantitative estimate of drug-likeness (QED) is 0.678. The standard InChI is InChI=1S/C20H30N2O4/c1-12(18(24)22-16-2-3-16)26-17(23)4-5-21-19(25)20-9-13-6-14(10-20)8-15(7-13)11-20/h12-16H,2-11H2,1H3,(H,21,25)(H,22,24)/t12-,13?,14?,15?,20?/m0/s1. The Hall–Kier alpha value is -1.59. The molecule has 0 heterocycles. The summed E-state index contributed by atoms with van der Waals surface area (Å²) in [5, 5.41) is 5.80. The molecule has 144 valence electrons. The SMILES string of the molecule is C[C@H](OC(=O)CCNC(=O)C12CC3CC(CC(C3)C1)C2)C(=O)NC1CC1. The van der Waals surface area contributed by atoms with E-state index in [-0.39, 0.29) is 36.2 Å². The molecule has 5 aliphatic rings. The first-order chi connectivity index (χ1) is 12.4. The van der Waals surface area contributed by atoms with Gasteiger partial charge >= 0.3 is 5.97 Å². The molecule has 0 spiro atoms. The molecule has 0 aromatic carbocycles. The van der Waals surface area contributed by atoms with Gasteiger partial charge in [-0.3, -0.25) is 14.4 Å². The fourth-order valence-corrected chi connectivity index (χ4v) is 5.71. The predicted octanol–water partition coefficient (Wildman–Crippen LogP) is 1.92. The van der Waals surface area contributed by atoms with Crippen molar-refractivity contribution in [2.75, 3.05) is 6.54 Å². The molecule has 0 radical (unpaired) electrons. The van der Waals surface area contributed by atoms with Crippen molar-refractivity contribution in [3.05, 3.63) is 0 Å². The van der Waals surface area contributed by atoms with Crippen molar-refractivity contribution >= 4 is 17.8 Å². The molecule has 0 saturated heterocycles.